The number of carbonyl (C=O) groups is 2. The number of nitrogens with one attached hydrogen (secondary N) is 2. The van der Waals surface area contributed by atoms with Crippen molar-refractivity contribution in [3.05, 3.63) is 78.5 Å². The summed E-state index contributed by atoms with van der Waals surface area (Å²) in [5.41, 5.74) is 6.33. The van der Waals surface area contributed by atoms with Gasteiger partial charge in [0.05, 0.1) is 11.2 Å². The third kappa shape index (κ3) is 9.53. The van der Waals surface area contributed by atoms with Crippen LogP contribution in [0.25, 0.3) is 17.0 Å². The molecule has 0 spiro atoms. The normalized spacial score (nSPS) is 13.2. The maximum absolute atomic E-state index is 12.4. The van der Waals surface area contributed by atoms with Gasteiger partial charge < -0.3 is 33.5 Å². The van der Waals surface area contributed by atoms with Gasteiger partial charge >= 0.3 is 5.97 Å². The first-order valence-corrected chi connectivity index (χ1v) is 12.7. The largest absolute Gasteiger partial charge is 1.00 e. The van der Waals surface area contributed by atoms with Crippen LogP contribution in [0.3, 0.4) is 0 Å². The Morgan fingerprint density at radius 2 is 1.81 bits per heavy atom. The number of hydrogen-bond donors (Lipinski definition) is 3. The average Bonchev–Trinajstić information content (AvgIpc) is 2.87. The van der Waals surface area contributed by atoms with Crippen molar-refractivity contribution < 1.29 is 32.5 Å². The molecule has 1 unspecified atom stereocenters. The van der Waals surface area contributed by atoms with Crippen LogP contribution in [0.15, 0.2) is 77.9 Å². The second-order valence-corrected chi connectivity index (χ2v) is 9.36. The summed E-state index contributed by atoms with van der Waals surface area (Å²) < 4.78 is 5.40. The summed E-state index contributed by atoms with van der Waals surface area (Å²) >= 11 is 1.22. The second kappa shape index (κ2) is 15.0. The van der Waals surface area contributed by atoms with Crippen molar-refractivity contribution >= 4 is 51.5 Å². The molecule has 196 valence electrons. The van der Waals surface area contributed by atoms with Crippen molar-refractivity contribution in [2.45, 2.75) is 33.0 Å². The Balaban J connectivity index is 0.00000481. The number of fused-ring (bicyclic) bond motifs is 1. The first-order chi connectivity index (χ1) is 17.3. The van der Waals surface area contributed by atoms with Gasteiger partial charge in [-0.05, 0) is 42.5 Å². The third-order valence-corrected chi connectivity index (χ3v) is 5.98. The molecular weight excluding hydrogens is 510 g/mol. The van der Waals surface area contributed by atoms with Crippen molar-refractivity contribution in [1.29, 1.82) is 0 Å². The number of hydrogen-bond acceptors (Lipinski definition) is 6. The molecule has 0 saturated heterocycles. The van der Waals surface area contributed by atoms with E-state index in [0.29, 0.717) is 5.17 Å². The highest BCUT2D eigenvalue weighted by Crippen LogP contribution is 2.22. The quantitative estimate of drug-likeness (QED) is 0.120. The molecule has 0 aliphatic heterocycles. The molecule has 0 fully saturated rings. The van der Waals surface area contributed by atoms with Gasteiger partial charge in [0.1, 0.15) is 12.1 Å². The lowest BCUT2D eigenvalue weighted by molar-refractivity contribution is -0.418. The van der Waals surface area contributed by atoms with Crippen LogP contribution in [0, 0.1) is 5.92 Å². The van der Waals surface area contributed by atoms with E-state index in [1.165, 1.54) is 17.8 Å². The van der Waals surface area contributed by atoms with E-state index in [1.54, 1.807) is 19.2 Å². The lowest BCUT2D eigenvalue weighted by atomic mass is 10.1. The molecular formula is C27H32ClN5O3S. The van der Waals surface area contributed by atoms with Crippen LogP contribution >= 0.6 is 11.8 Å². The summed E-state index contributed by atoms with van der Waals surface area (Å²) in [5.74, 6) is -0.504. The van der Waals surface area contributed by atoms with Crippen LogP contribution in [-0.4, -0.2) is 40.2 Å². The summed E-state index contributed by atoms with van der Waals surface area (Å²) in [6.07, 6.45) is 4.40. The van der Waals surface area contributed by atoms with Gasteiger partial charge in [0, 0.05) is 23.6 Å². The minimum Gasteiger partial charge on any atom is -1.00 e. The maximum atomic E-state index is 12.4. The van der Waals surface area contributed by atoms with E-state index in [2.05, 4.69) is 26.3 Å². The molecule has 0 bridgehead atoms. The van der Waals surface area contributed by atoms with Crippen LogP contribution in [0.5, 0.6) is 0 Å². The first-order valence-electron chi connectivity index (χ1n) is 11.7. The number of esters is 1. The highest BCUT2D eigenvalue weighted by atomic mass is 35.5. The molecule has 5 N–H and O–H groups in total. The van der Waals surface area contributed by atoms with Gasteiger partial charge in [-0.1, -0.05) is 62.4 Å². The van der Waals surface area contributed by atoms with Crippen LogP contribution in [0.1, 0.15) is 26.3 Å². The summed E-state index contributed by atoms with van der Waals surface area (Å²) in [6, 6.07) is 18.8. The molecule has 0 saturated carbocycles. The molecule has 3 aromatic rings. The third-order valence-electron chi connectivity index (χ3n) is 5.27. The molecule has 10 heteroatoms. The van der Waals surface area contributed by atoms with Gasteiger partial charge in [-0.25, -0.2) is 9.79 Å². The standard InChI is InChI=1S/C27H31N5O3S.ClH/c1-18(2)24(28)26(34)35-17-36-27(32-22-13-7-11-21-12-8-16-29-25(21)22)31-19(3)30-23(33)15-14-20-9-5-4-6-10-20;/h4-16,18-19,24H,17,28H2,1-3H3,(H,30,33)(H,31,32);1H/b15-14+;/t19?,24-;/m0./s1. The number of pyridine rings is 1. The summed E-state index contributed by atoms with van der Waals surface area (Å²) in [6.45, 7) is 5.61. The number of halogens is 1. The molecule has 2 atom stereocenters. The summed E-state index contributed by atoms with van der Waals surface area (Å²) in [4.78, 5) is 33.7. The Hall–Kier alpha value is -3.40. The van der Waals surface area contributed by atoms with Gasteiger partial charge in [-0.3, -0.25) is 9.78 Å². The van der Waals surface area contributed by atoms with Crippen LogP contribution in [0.4, 0.5) is 5.69 Å². The van der Waals surface area contributed by atoms with E-state index in [9.17, 15) is 9.59 Å². The maximum Gasteiger partial charge on any atom is 0.365 e. The Kier molecular flexibility index (Phi) is 12.1. The van der Waals surface area contributed by atoms with Gasteiger partial charge in [0.2, 0.25) is 5.91 Å². The molecule has 1 heterocycles. The summed E-state index contributed by atoms with van der Waals surface area (Å²) in [7, 11) is 0. The SMILES string of the molecule is CC(N=C(Nc1cccc2cccnc12)SCOC(=O)[C@@H]([NH3+])C(C)C)NC(=O)/C=C/c1ccccc1.[Cl-]. The van der Waals surface area contributed by atoms with Crippen LogP contribution in [-0.2, 0) is 14.3 Å². The Morgan fingerprint density at radius 3 is 2.54 bits per heavy atom. The van der Waals surface area contributed by atoms with Gasteiger partial charge in [-0.2, -0.15) is 0 Å². The number of carbonyl (C=O) groups excluding carboxylic acids is 2. The number of quaternary nitrogens is 1. The molecule has 0 radical (unpaired) electrons. The zero-order valence-corrected chi connectivity index (χ0v) is 22.6. The number of amides is 1. The highest BCUT2D eigenvalue weighted by Gasteiger charge is 2.23. The number of nitrogens with zero attached hydrogens (tertiary/aromatic N) is 2. The Bertz CT molecular complexity index is 1230. The predicted molar refractivity (Wildman–Crippen MR) is 146 cm³/mol. The zero-order valence-electron chi connectivity index (χ0n) is 21.1. The van der Waals surface area contributed by atoms with Gasteiger partial charge in [0.25, 0.3) is 0 Å². The number of aromatic nitrogens is 1. The number of amidine groups is 1. The molecule has 1 amide bonds. The lowest BCUT2D eigenvalue weighted by Gasteiger charge is -2.15. The topological polar surface area (TPSA) is 120 Å². The number of para-hydroxylation sites is 1. The Labute approximate surface area is 227 Å². The summed E-state index contributed by atoms with van der Waals surface area (Å²) in [5, 5.41) is 7.57. The number of benzene rings is 2. The molecule has 2 aromatic carbocycles. The Morgan fingerprint density at radius 1 is 1.08 bits per heavy atom. The van der Waals surface area contributed by atoms with Crippen molar-refractivity contribution in [2.24, 2.45) is 10.9 Å². The average molecular weight is 542 g/mol. The molecule has 8 nitrogen and oxygen atoms in total. The number of thioether (sulfide) groups is 1. The smallest absolute Gasteiger partial charge is 0.365 e. The molecule has 3 rings (SSSR count). The molecule has 37 heavy (non-hydrogen) atoms. The fourth-order valence-corrected chi connectivity index (χ4v) is 3.85. The molecule has 1 aromatic heterocycles. The highest BCUT2D eigenvalue weighted by molar-refractivity contribution is 8.14. The van der Waals surface area contributed by atoms with E-state index < -0.39 is 12.2 Å². The van der Waals surface area contributed by atoms with E-state index in [1.807, 2.05) is 74.5 Å². The fourth-order valence-electron chi connectivity index (χ4n) is 3.15. The number of aliphatic imine (C=N–C) groups is 1. The van der Waals surface area contributed by atoms with E-state index in [4.69, 9.17) is 4.74 Å². The minimum absolute atomic E-state index is 0. The number of ether oxygens (including phenoxy) is 1. The molecule has 0 aliphatic carbocycles. The van der Waals surface area contributed by atoms with Crippen molar-refractivity contribution in [3.8, 4) is 0 Å². The monoisotopic (exact) mass is 541 g/mol. The van der Waals surface area contributed by atoms with E-state index >= 15 is 0 Å². The second-order valence-electron chi connectivity index (χ2n) is 8.44. The van der Waals surface area contributed by atoms with Crippen molar-refractivity contribution in [2.75, 3.05) is 11.3 Å². The van der Waals surface area contributed by atoms with Crippen molar-refractivity contribution in [1.82, 2.24) is 10.3 Å². The van der Waals surface area contributed by atoms with Crippen LogP contribution in [0.2, 0.25) is 0 Å². The van der Waals surface area contributed by atoms with E-state index in [0.717, 1.165) is 22.2 Å². The lowest BCUT2D eigenvalue weighted by Crippen LogP contribution is -3.00. The number of anilines is 1. The van der Waals surface area contributed by atoms with Crippen molar-refractivity contribution in [3.63, 3.8) is 0 Å². The van der Waals surface area contributed by atoms with Gasteiger partial charge in [-0.15, -0.1) is 0 Å². The predicted octanol–water partition coefficient (Wildman–Crippen LogP) is 0.683. The van der Waals surface area contributed by atoms with Gasteiger partial charge in [0.15, 0.2) is 11.2 Å². The fraction of sp³-hybridized carbons (Fsp3) is 0.259. The minimum atomic E-state index is -0.539. The number of rotatable bonds is 9. The first kappa shape index (κ1) is 29.8. The molecule has 0 aliphatic rings. The van der Waals surface area contributed by atoms with E-state index in [-0.39, 0.29) is 36.1 Å². The zero-order chi connectivity index (χ0) is 25.9. The van der Waals surface area contributed by atoms with Crippen LogP contribution < -0.4 is 28.8 Å².